The van der Waals surface area contributed by atoms with E-state index in [9.17, 15) is 0 Å². The molecule has 1 aromatic heterocycles. The Hall–Kier alpha value is -2.19. The average molecular weight is 469 g/mol. The highest BCUT2D eigenvalue weighted by atomic mass is 32.2. The summed E-state index contributed by atoms with van der Waals surface area (Å²) in [6, 6.07) is 14.6. The summed E-state index contributed by atoms with van der Waals surface area (Å²) in [4.78, 5) is 9.48. The maximum atomic E-state index is 5.93. The lowest BCUT2D eigenvalue weighted by Gasteiger charge is -2.32. The van der Waals surface area contributed by atoms with Crippen LogP contribution in [0.2, 0.25) is 0 Å². The average Bonchev–Trinajstić information content (AvgIpc) is 3.25. The minimum Gasteiger partial charge on any atom is -0.497 e. The van der Waals surface area contributed by atoms with E-state index in [1.165, 1.54) is 42.0 Å². The summed E-state index contributed by atoms with van der Waals surface area (Å²) in [7, 11) is 3.91. The smallest absolute Gasteiger partial charge is 0.119 e. The maximum Gasteiger partial charge on any atom is 0.119 e. The largest absolute Gasteiger partial charge is 0.497 e. The van der Waals surface area contributed by atoms with Crippen molar-refractivity contribution in [3.8, 4) is 11.5 Å². The lowest BCUT2D eigenvalue weighted by molar-refractivity contribution is 0.145. The normalized spacial score (nSPS) is 15.2. The molecule has 4 rings (SSSR count). The fraction of sp³-hybridized carbons (Fsp3) is 0.462. The third kappa shape index (κ3) is 7.14. The minimum atomic E-state index is 0.775. The molecule has 2 aromatic carbocycles. The summed E-state index contributed by atoms with van der Waals surface area (Å²) >= 11 is 1.68. The number of hydrogen-bond acceptors (Lipinski definition) is 6. The summed E-state index contributed by atoms with van der Waals surface area (Å²) in [6.07, 6.45) is 5.29. The molecule has 1 aliphatic heterocycles. The number of piperazine rings is 1. The molecule has 0 aliphatic carbocycles. The first-order valence-electron chi connectivity index (χ1n) is 11.9. The summed E-state index contributed by atoms with van der Waals surface area (Å²) in [5, 5.41) is 1.25. The van der Waals surface area contributed by atoms with Crippen molar-refractivity contribution < 1.29 is 9.47 Å². The Balaban J connectivity index is 1.10. The van der Waals surface area contributed by atoms with Crippen LogP contribution in [0, 0.1) is 0 Å². The molecule has 3 aromatic rings. The van der Waals surface area contributed by atoms with Crippen molar-refractivity contribution in [1.82, 2.24) is 19.5 Å². The van der Waals surface area contributed by atoms with Crippen LogP contribution in [0.3, 0.4) is 0 Å². The van der Waals surface area contributed by atoms with Gasteiger partial charge in [0.25, 0.3) is 0 Å². The highest BCUT2D eigenvalue weighted by Crippen LogP contribution is 2.25. The van der Waals surface area contributed by atoms with Crippen LogP contribution in [-0.2, 0) is 6.42 Å². The first-order valence-corrected chi connectivity index (χ1v) is 12.7. The summed E-state index contributed by atoms with van der Waals surface area (Å²) in [5.74, 6) is 1.85. The van der Waals surface area contributed by atoms with E-state index in [0.717, 1.165) is 56.0 Å². The second kappa shape index (κ2) is 12.3. The van der Waals surface area contributed by atoms with Crippen LogP contribution in [-0.4, -0.2) is 74.8 Å². The Bertz CT molecular complexity index is 984. The van der Waals surface area contributed by atoms with Gasteiger partial charge in [-0.15, -0.1) is 0 Å². The van der Waals surface area contributed by atoms with Gasteiger partial charge in [-0.25, -0.2) is 0 Å². The molecule has 0 atom stereocenters. The lowest BCUT2D eigenvalue weighted by atomic mass is 10.1. The molecular formula is C26H36N4O2S. The van der Waals surface area contributed by atoms with E-state index in [-0.39, 0.29) is 0 Å². The van der Waals surface area contributed by atoms with Crippen molar-refractivity contribution in [2.45, 2.75) is 24.2 Å². The van der Waals surface area contributed by atoms with Crippen LogP contribution in [0.5, 0.6) is 11.5 Å². The second-order valence-corrected chi connectivity index (χ2v) is 9.61. The zero-order valence-corrected chi connectivity index (χ0v) is 20.6. The van der Waals surface area contributed by atoms with Crippen molar-refractivity contribution in [2.75, 3.05) is 60.0 Å². The molecule has 2 N–H and O–H groups in total. The predicted octanol–water partition coefficient (Wildman–Crippen LogP) is 4.42. The number of likely N-dealkylation sites (N-methyl/N-ethyl adjacent to an activating group) is 1. The molecular weight excluding hydrogens is 432 g/mol. The van der Waals surface area contributed by atoms with E-state index in [1.807, 2.05) is 6.07 Å². The van der Waals surface area contributed by atoms with Gasteiger partial charge in [0.2, 0.25) is 0 Å². The molecule has 0 saturated carbocycles. The molecule has 0 unspecified atom stereocenters. The molecule has 33 heavy (non-hydrogen) atoms. The van der Waals surface area contributed by atoms with Crippen molar-refractivity contribution in [3.05, 3.63) is 54.2 Å². The van der Waals surface area contributed by atoms with E-state index in [0.29, 0.717) is 0 Å². The Morgan fingerprint density at radius 3 is 2.58 bits per heavy atom. The van der Waals surface area contributed by atoms with Gasteiger partial charge in [0.1, 0.15) is 11.5 Å². The number of fused-ring (bicyclic) bond motifs is 1. The topological polar surface area (TPSA) is 52.8 Å². The van der Waals surface area contributed by atoms with Gasteiger partial charge in [-0.05, 0) is 86.3 Å². The number of nitrogens with one attached hydrogen (secondary N) is 2. The SMILES string of the molecule is COc1ccc2[nH]cc(CCCNSc3ccc(OCCCN4CCN(C)CC4)cc3)c2c1. The van der Waals surface area contributed by atoms with Crippen LogP contribution in [0.25, 0.3) is 10.9 Å². The molecule has 7 heteroatoms. The van der Waals surface area contributed by atoms with Gasteiger partial charge in [-0.2, -0.15) is 0 Å². The summed E-state index contributed by atoms with van der Waals surface area (Å²) in [5.41, 5.74) is 2.50. The molecule has 178 valence electrons. The number of aromatic amines is 1. The van der Waals surface area contributed by atoms with E-state index in [4.69, 9.17) is 9.47 Å². The van der Waals surface area contributed by atoms with Crippen LogP contribution < -0.4 is 14.2 Å². The Labute approximate surface area is 201 Å². The van der Waals surface area contributed by atoms with Crippen molar-refractivity contribution in [1.29, 1.82) is 0 Å². The summed E-state index contributed by atoms with van der Waals surface area (Å²) in [6.45, 7) is 7.54. The molecule has 6 nitrogen and oxygen atoms in total. The zero-order chi connectivity index (χ0) is 22.9. The van der Waals surface area contributed by atoms with Gasteiger partial charge in [0.15, 0.2) is 0 Å². The van der Waals surface area contributed by atoms with E-state index in [1.54, 1.807) is 19.1 Å². The maximum absolute atomic E-state index is 5.93. The number of aromatic nitrogens is 1. The van der Waals surface area contributed by atoms with Crippen LogP contribution in [0.1, 0.15) is 18.4 Å². The highest BCUT2D eigenvalue weighted by Gasteiger charge is 2.12. The Morgan fingerprint density at radius 1 is 1.00 bits per heavy atom. The zero-order valence-electron chi connectivity index (χ0n) is 19.8. The quantitative estimate of drug-likeness (QED) is 0.303. The first-order chi connectivity index (χ1) is 16.2. The third-order valence-corrected chi connectivity index (χ3v) is 7.05. The molecule has 0 bridgehead atoms. The lowest BCUT2D eigenvalue weighted by Crippen LogP contribution is -2.44. The Morgan fingerprint density at radius 2 is 1.79 bits per heavy atom. The fourth-order valence-electron chi connectivity index (χ4n) is 4.13. The highest BCUT2D eigenvalue weighted by molar-refractivity contribution is 7.97. The van der Waals surface area contributed by atoms with Gasteiger partial charge in [0, 0.05) is 61.3 Å². The van der Waals surface area contributed by atoms with Gasteiger partial charge in [-0.1, -0.05) is 0 Å². The number of benzene rings is 2. The molecule has 1 fully saturated rings. The van der Waals surface area contributed by atoms with E-state index < -0.39 is 0 Å². The number of nitrogens with zero attached hydrogens (tertiary/aromatic N) is 2. The predicted molar refractivity (Wildman–Crippen MR) is 138 cm³/mol. The molecule has 0 radical (unpaired) electrons. The van der Waals surface area contributed by atoms with Gasteiger partial charge >= 0.3 is 0 Å². The Kier molecular flexibility index (Phi) is 8.94. The van der Waals surface area contributed by atoms with Crippen molar-refractivity contribution in [3.63, 3.8) is 0 Å². The standard InChI is InChI=1S/C26H36N4O2S/c1-29-14-16-30(17-15-29)13-4-18-32-22-6-9-24(10-7-22)33-28-12-3-5-21-20-27-26-11-8-23(31-2)19-25(21)26/h6-11,19-20,27-28H,3-5,12-18H2,1-2H3. The number of aryl methyl sites for hydroxylation is 1. The minimum absolute atomic E-state index is 0.775. The number of hydrogen-bond donors (Lipinski definition) is 2. The molecule has 0 spiro atoms. The van der Waals surface area contributed by atoms with Gasteiger partial charge in [-0.3, -0.25) is 4.72 Å². The monoisotopic (exact) mass is 468 g/mol. The number of H-pyrrole nitrogens is 1. The second-order valence-electron chi connectivity index (χ2n) is 8.64. The first kappa shape index (κ1) is 24.0. The van der Waals surface area contributed by atoms with E-state index in [2.05, 4.69) is 69.1 Å². The van der Waals surface area contributed by atoms with Crippen LogP contribution in [0.4, 0.5) is 0 Å². The molecule has 2 heterocycles. The number of ether oxygens (including phenoxy) is 2. The number of methoxy groups -OCH3 is 1. The van der Waals surface area contributed by atoms with Gasteiger partial charge < -0.3 is 24.3 Å². The van der Waals surface area contributed by atoms with Crippen molar-refractivity contribution in [2.24, 2.45) is 0 Å². The third-order valence-electron chi connectivity index (χ3n) is 6.20. The molecule has 0 amide bonds. The van der Waals surface area contributed by atoms with E-state index >= 15 is 0 Å². The van der Waals surface area contributed by atoms with Gasteiger partial charge in [0.05, 0.1) is 13.7 Å². The van der Waals surface area contributed by atoms with Crippen LogP contribution >= 0.6 is 11.9 Å². The molecule has 1 saturated heterocycles. The van der Waals surface area contributed by atoms with Crippen LogP contribution in [0.15, 0.2) is 53.6 Å². The fourth-order valence-corrected chi connectivity index (χ4v) is 4.82. The number of rotatable bonds is 12. The molecule has 1 aliphatic rings. The summed E-state index contributed by atoms with van der Waals surface area (Å²) < 4.78 is 14.8. The van der Waals surface area contributed by atoms with Crippen molar-refractivity contribution >= 4 is 22.9 Å².